The SMILES string of the molecule is C=CC(=O)N1CCN(c2nc(OC[C@@H]3CCCN3C)nc3c2C[C@@H](C)[C@H](c2cccc4c2CCC4)C3)C[C@@H]1CC#N. The van der Waals surface area contributed by atoms with Crippen LogP contribution in [0.3, 0.4) is 0 Å². The van der Waals surface area contributed by atoms with Crippen molar-refractivity contribution in [1.82, 2.24) is 19.8 Å². The van der Waals surface area contributed by atoms with Crippen molar-refractivity contribution in [2.45, 2.75) is 76.3 Å². The fourth-order valence-electron chi connectivity index (χ4n) is 7.58. The van der Waals surface area contributed by atoms with Crippen LogP contribution in [-0.4, -0.2) is 77.6 Å². The van der Waals surface area contributed by atoms with Crippen LogP contribution < -0.4 is 9.64 Å². The first kappa shape index (κ1) is 27.7. The zero-order valence-corrected chi connectivity index (χ0v) is 24.5. The van der Waals surface area contributed by atoms with Crippen LogP contribution in [0.15, 0.2) is 30.9 Å². The molecule has 0 radical (unpaired) electrons. The van der Waals surface area contributed by atoms with Crippen molar-refractivity contribution in [1.29, 1.82) is 5.26 Å². The molecule has 2 aromatic rings. The number of amides is 1. The highest BCUT2D eigenvalue weighted by atomic mass is 16.5. The number of fused-ring (bicyclic) bond motifs is 2. The van der Waals surface area contributed by atoms with Gasteiger partial charge in [-0.2, -0.15) is 15.2 Å². The number of rotatable bonds is 7. The summed E-state index contributed by atoms with van der Waals surface area (Å²) in [6.45, 7) is 9.46. The minimum atomic E-state index is -0.206. The second-order valence-corrected chi connectivity index (χ2v) is 12.4. The van der Waals surface area contributed by atoms with Gasteiger partial charge in [-0.05, 0) is 93.1 Å². The number of benzene rings is 1. The van der Waals surface area contributed by atoms with Crippen molar-refractivity contribution in [3.8, 4) is 12.1 Å². The predicted molar refractivity (Wildman–Crippen MR) is 159 cm³/mol. The van der Waals surface area contributed by atoms with E-state index in [-0.39, 0.29) is 18.4 Å². The fraction of sp³-hybridized carbons (Fsp3) is 0.576. The zero-order valence-electron chi connectivity index (χ0n) is 24.5. The fourth-order valence-corrected chi connectivity index (χ4v) is 7.58. The third-order valence-electron chi connectivity index (χ3n) is 9.90. The van der Waals surface area contributed by atoms with Crippen LogP contribution in [0, 0.1) is 17.2 Å². The maximum Gasteiger partial charge on any atom is 0.318 e. The van der Waals surface area contributed by atoms with Crippen LogP contribution in [0.2, 0.25) is 0 Å². The van der Waals surface area contributed by atoms with Crippen LogP contribution in [0.4, 0.5) is 5.82 Å². The summed E-state index contributed by atoms with van der Waals surface area (Å²) in [7, 11) is 2.16. The third kappa shape index (κ3) is 5.44. The Balaban J connectivity index is 1.33. The number of carbonyl (C=O) groups is 1. The normalized spacial score (nSPS) is 25.9. The van der Waals surface area contributed by atoms with Gasteiger partial charge in [0.2, 0.25) is 5.91 Å². The topological polar surface area (TPSA) is 85.6 Å². The number of aryl methyl sites for hydroxylation is 1. The second kappa shape index (κ2) is 11.8. The minimum Gasteiger partial charge on any atom is -0.462 e. The molecular weight excluding hydrogens is 512 g/mol. The number of carbonyl (C=O) groups excluding carboxylic acids is 1. The Hall–Kier alpha value is -3.44. The molecule has 8 heteroatoms. The first-order valence-electron chi connectivity index (χ1n) is 15.3. The molecule has 2 fully saturated rings. The summed E-state index contributed by atoms with van der Waals surface area (Å²) in [5, 5.41) is 9.54. The Morgan fingerprint density at radius 3 is 2.80 bits per heavy atom. The van der Waals surface area contributed by atoms with Crippen molar-refractivity contribution < 1.29 is 9.53 Å². The molecule has 0 bridgehead atoms. The number of aromatic nitrogens is 2. The molecule has 3 heterocycles. The van der Waals surface area contributed by atoms with Crippen LogP contribution in [0.5, 0.6) is 6.01 Å². The maximum atomic E-state index is 12.5. The number of hydrogen-bond acceptors (Lipinski definition) is 7. The summed E-state index contributed by atoms with van der Waals surface area (Å²) >= 11 is 0. The van der Waals surface area contributed by atoms with E-state index < -0.39 is 0 Å². The van der Waals surface area contributed by atoms with Crippen molar-refractivity contribution in [3.63, 3.8) is 0 Å². The van der Waals surface area contributed by atoms with Gasteiger partial charge in [-0.15, -0.1) is 0 Å². The molecule has 4 atom stereocenters. The van der Waals surface area contributed by atoms with E-state index in [2.05, 4.69) is 54.6 Å². The largest absolute Gasteiger partial charge is 0.462 e. The second-order valence-electron chi connectivity index (χ2n) is 12.4. The summed E-state index contributed by atoms with van der Waals surface area (Å²) in [4.78, 5) is 29.0. The van der Waals surface area contributed by atoms with Gasteiger partial charge in [-0.3, -0.25) is 4.79 Å². The molecule has 6 rings (SSSR count). The number of likely N-dealkylation sites (tertiary alicyclic amines) is 1. The number of piperazine rings is 1. The number of nitriles is 1. The molecule has 41 heavy (non-hydrogen) atoms. The summed E-state index contributed by atoms with van der Waals surface area (Å²) in [6.07, 6.45) is 9.32. The summed E-state index contributed by atoms with van der Waals surface area (Å²) < 4.78 is 6.33. The molecule has 8 nitrogen and oxygen atoms in total. The molecule has 1 aromatic heterocycles. The average molecular weight is 555 g/mol. The zero-order chi connectivity index (χ0) is 28.5. The van der Waals surface area contributed by atoms with Gasteiger partial charge in [0.05, 0.1) is 24.2 Å². The number of hydrogen-bond donors (Lipinski definition) is 0. The number of likely N-dealkylation sites (N-methyl/N-ethyl adjacent to an activating group) is 1. The van der Waals surface area contributed by atoms with E-state index in [9.17, 15) is 10.1 Å². The van der Waals surface area contributed by atoms with Crippen molar-refractivity contribution >= 4 is 11.7 Å². The Bertz CT molecular complexity index is 1350. The molecule has 2 aliphatic heterocycles. The van der Waals surface area contributed by atoms with E-state index in [4.69, 9.17) is 14.7 Å². The van der Waals surface area contributed by atoms with Gasteiger partial charge in [0.1, 0.15) is 12.4 Å². The molecule has 2 aliphatic carbocycles. The molecule has 4 aliphatic rings. The highest BCUT2D eigenvalue weighted by molar-refractivity contribution is 5.87. The lowest BCUT2D eigenvalue weighted by atomic mass is 9.73. The molecular formula is C33H42N6O2. The lowest BCUT2D eigenvalue weighted by Crippen LogP contribution is -2.55. The van der Waals surface area contributed by atoms with Crippen LogP contribution >= 0.6 is 0 Å². The smallest absolute Gasteiger partial charge is 0.318 e. The summed E-state index contributed by atoms with van der Waals surface area (Å²) in [5.41, 5.74) is 6.86. The first-order chi connectivity index (χ1) is 20.0. The third-order valence-corrected chi connectivity index (χ3v) is 9.90. The first-order valence-corrected chi connectivity index (χ1v) is 15.3. The Kier molecular flexibility index (Phi) is 7.99. The van der Waals surface area contributed by atoms with Crippen LogP contribution in [0.25, 0.3) is 0 Å². The number of anilines is 1. The van der Waals surface area contributed by atoms with E-state index >= 15 is 0 Å². The molecule has 1 amide bonds. The van der Waals surface area contributed by atoms with E-state index in [1.54, 1.807) is 10.5 Å². The molecule has 2 saturated heterocycles. The standard InChI is InChI=1S/C33H42N6O2/c1-4-31(40)39-17-16-38(20-24(39)13-14-34)32-29-18-22(2)28(27-12-6-9-23-8-5-11-26(23)27)19-30(29)35-33(36-32)41-21-25-10-7-15-37(25)3/h4,6,9,12,22,24-25,28H,1,5,7-8,10-11,13,15-21H2,2-3H3/t22-,24+,25+,28-/m1/s1. The van der Waals surface area contributed by atoms with Crippen molar-refractivity contribution in [3.05, 3.63) is 58.8 Å². The van der Waals surface area contributed by atoms with Gasteiger partial charge in [-0.25, -0.2) is 0 Å². The molecule has 0 N–H and O–H groups in total. The summed E-state index contributed by atoms with van der Waals surface area (Å²) in [5.74, 6) is 1.67. The Morgan fingerprint density at radius 1 is 1.15 bits per heavy atom. The lowest BCUT2D eigenvalue weighted by molar-refractivity contribution is -0.128. The minimum absolute atomic E-state index is 0.119. The van der Waals surface area contributed by atoms with E-state index in [1.807, 2.05) is 0 Å². The monoisotopic (exact) mass is 554 g/mol. The van der Waals surface area contributed by atoms with Gasteiger partial charge in [0.15, 0.2) is 0 Å². The summed E-state index contributed by atoms with van der Waals surface area (Å²) in [6, 6.07) is 9.78. The van der Waals surface area contributed by atoms with Crippen molar-refractivity contribution in [2.24, 2.45) is 5.92 Å². The molecule has 0 unspecified atom stereocenters. The van der Waals surface area contributed by atoms with Gasteiger partial charge in [-0.1, -0.05) is 31.7 Å². The Morgan fingerprint density at radius 2 is 2.02 bits per heavy atom. The molecule has 0 saturated carbocycles. The van der Waals surface area contributed by atoms with Gasteiger partial charge in [0.25, 0.3) is 0 Å². The van der Waals surface area contributed by atoms with Crippen LogP contribution in [-0.2, 0) is 30.5 Å². The van der Waals surface area contributed by atoms with E-state index in [1.165, 1.54) is 48.4 Å². The number of ether oxygens (including phenoxy) is 1. The van der Waals surface area contributed by atoms with E-state index in [0.717, 1.165) is 37.3 Å². The molecule has 0 spiro atoms. The van der Waals surface area contributed by atoms with Crippen molar-refractivity contribution in [2.75, 3.05) is 44.7 Å². The quantitative estimate of drug-likeness (QED) is 0.477. The van der Waals surface area contributed by atoms with Gasteiger partial charge < -0.3 is 19.4 Å². The van der Waals surface area contributed by atoms with Gasteiger partial charge >= 0.3 is 6.01 Å². The van der Waals surface area contributed by atoms with Crippen LogP contribution in [0.1, 0.15) is 66.5 Å². The molecule has 216 valence electrons. The Labute approximate surface area is 244 Å². The highest BCUT2D eigenvalue weighted by Gasteiger charge is 2.36. The van der Waals surface area contributed by atoms with Gasteiger partial charge in [0, 0.05) is 31.2 Å². The predicted octanol–water partition coefficient (Wildman–Crippen LogP) is 4.07. The van der Waals surface area contributed by atoms with E-state index in [0.29, 0.717) is 50.1 Å². The lowest BCUT2D eigenvalue weighted by Gasteiger charge is -2.42. The highest BCUT2D eigenvalue weighted by Crippen LogP contribution is 2.43. The molecule has 1 aromatic carbocycles. The number of nitrogens with zero attached hydrogens (tertiary/aromatic N) is 6. The average Bonchev–Trinajstić information content (AvgIpc) is 3.64. The maximum absolute atomic E-state index is 12.5.